The Bertz CT molecular complexity index is 753. The number of hydrogen-bond acceptors (Lipinski definition) is 5. The van der Waals surface area contributed by atoms with Crippen molar-refractivity contribution in [2.45, 2.75) is 6.92 Å². The molecule has 0 aliphatic rings. The summed E-state index contributed by atoms with van der Waals surface area (Å²) in [7, 11) is 1.66. The molecule has 22 heavy (non-hydrogen) atoms. The van der Waals surface area contributed by atoms with Crippen LogP contribution in [0.15, 0.2) is 30.5 Å². The van der Waals surface area contributed by atoms with Crippen molar-refractivity contribution < 1.29 is 14.5 Å². The number of nitro benzene ring substituents is 1. The van der Waals surface area contributed by atoms with Crippen molar-refractivity contribution in [1.82, 2.24) is 15.1 Å². The topological polar surface area (TPSA) is 119 Å². The molecule has 9 heteroatoms. The average Bonchev–Trinajstić information content (AvgIpc) is 2.77. The van der Waals surface area contributed by atoms with Gasteiger partial charge in [-0.3, -0.25) is 24.9 Å². The van der Waals surface area contributed by atoms with Crippen LogP contribution in [0.25, 0.3) is 0 Å². The standard InChI is InChI=1S/C13H13N5O4/c1-8-11(7-17(2)16-8)12(19)15-13(20)14-9-4-3-5-10(6-9)18(21)22/h3-7H,1-2H3,(H2,14,15,19,20). The summed E-state index contributed by atoms with van der Waals surface area (Å²) in [6.45, 7) is 1.65. The lowest BCUT2D eigenvalue weighted by atomic mass is 10.2. The van der Waals surface area contributed by atoms with Crippen LogP contribution in [-0.4, -0.2) is 26.6 Å². The van der Waals surface area contributed by atoms with Gasteiger partial charge >= 0.3 is 6.03 Å². The summed E-state index contributed by atoms with van der Waals surface area (Å²) in [5.41, 5.74) is 0.814. The Labute approximate surface area is 125 Å². The van der Waals surface area contributed by atoms with Gasteiger partial charge in [0.1, 0.15) is 0 Å². The molecule has 0 fully saturated rings. The molecule has 0 atom stereocenters. The number of anilines is 1. The summed E-state index contributed by atoms with van der Waals surface area (Å²) >= 11 is 0. The highest BCUT2D eigenvalue weighted by atomic mass is 16.6. The van der Waals surface area contributed by atoms with Gasteiger partial charge < -0.3 is 5.32 Å². The first-order chi connectivity index (χ1) is 10.4. The maximum Gasteiger partial charge on any atom is 0.326 e. The number of non-ortho nitro benzene ring substituents is 1. The number of aromatic nitrogens is 2. The third-order valence-electron chi connectivity index (χ3n) is 2.80. The van der Waals surface area contributed by atoms with Crippen LogP contribution in [0.2, 0.25) is 0 Å². The first-order valence-electron chi connectivity index (χ1n) is 6.24. The molecule has 0 bridgehead atoms. The Kier molecular flexibility index (Phi) is 4.16. The van der Waals surface area contributed by atoms with Gasteiger partial charge in [0, 0.05) is 31.1 Å². The molecular formula is C13H13N5O4. The molecule has 114 valence electrons. The number of amides is 3. The third kappa shape index (κ3) is 3.45. The maximum atomic E-state index is 11.9. The van der Waals surface area contributed by atoms with Crippen LogP contribution >= 0.6 is 0 Å². The van der Waals surface area contributed by atoms with Gasteiger partial charge in [0.15, 0.2) is 0 Å². The van der Waals surface area contributed by atoms with Crippen molar-refractivity contribution in [2.24, 2.45) is 7.05 Å². The van der Waals surface area contributed by atoms with E-state index in [-0.39, 0.29) is 16.9 Å². The zero-order chi connectivity index (χ0) is 16.3. The molecule has 1 heterocycles. The normalized spacial score (nSPS) is 10.1. The number of urea groups is 1. The van der Waals surface area contributed by atoms with Gasteiger partial charge in [-0.15, -0.1) is 0 Å². The van der Waals surface area contributed by atoms with E-state index >= 15 is 0 Å². The summed E-state index contributed by atoms with van der Waals surface area (Å²) < 4.78 is 1.46. The second-order valence-corrected chi connectivity index (χ2v) is 4.52. The number of aryl methyl sites for hydroxylation is 2. The van der Waals surface area contributed by atoms with Gasteiger partial charge in [-0.25, -0.2) is 4.79 Å². The number of rotatable bonds is 3. The molecular weight excluding hydrogens is 290 g/mol. The Morgan fingerprint density at radius 3 is 2.68 bits per heavy atom. The van der Waals surface area contributed by atoms with E-state index in [4.69, 9.17) is 0 Å². The zero-order valence-electron chi connectivity index (χ0n) is 11.9. The molecule has 0 saturated carbocycles. The van der Waals surface area contributed by atoms with Gasteiger partial charge in [-0.05, 0) is 13.0 Å². The van der Waals surface area contributed by atoms with E-state index < -0.39 is 16.9 Å². The molecule has 2 N–H and O–H groups in total. The lowest BCUT2D eigenvalue weighted by Crippen LogP contribution is -2.34. The third-order valence-corrected chi connectivity index (χ3v) is 2.80. The molecule has 9 nitrogen and oxygen atoms in total. The second kappa shape index (κ2) is 6.04. The zero-order valence-corrected chi connectivity index (χ0v) is 11.9. The highest BCUT2D eigenvalue weighted by molar-refractivity contribution is 6.08. The van der Waals surface area contributed by atoms with Crippen molar-refractivity contribution in [3.8, 4) is 0 Å². The number of imide groups is 1. The Hall–Kier alpha value is -3.23. The van der Waals surface area contributed by atoms with E-state index in [1.165, 1.54) is 35.1 Å². The van der Waals surface area contributed by atoms with Crippen LogP contribution < -0.4 is 10.6 Å². The van der Waals surface area contributed by atoms with E-state index in [2.05, 4.69) is 15.7 Å². The molecule has 1 aromatic heterocycles. The quantitative estimate of drug-likeness (QED) is 0.659. The number of carbonyl (C=O) groups is 2. The van der Waals surface area contributed by atoms with Crippen LogP contribution in [-0.2, 0) is 7.05 Å². The van der Waals surface area contributed by atoms with E-state index in [0.29, 0.717) is 5.69 Å². The minimum atomic E-state index is -0.784. The molecule has 0 radical (unpaired) electrons. The molecule has 0 aliphatic heterocycles. The predicted octanol–water partition coefficient (Wildman–Crippen LogP) is 1.60. The summed E-state index contributed by atoms with van der Waals surface area (Å²) in [6.07, 6.45) is 1.49. The Morgan fingerprint density at radius 1 is 1.36 bits per heavy atom. The smallest absolute Gasteiger partial charge is 0.307 e. The number of carbonyl (C=O) groups excluding carboxylic acids is 2. The van der Waals surface area contributed by atoms with Gasteiger partial charge in [-0.1, -0.05) is 6.07 Å². The number of hydrogen-bond donors (Lipinski definition) is 2. The fraction of sp³-hybridized carbons (Fsp3) is 0.154. The van der Waals surface area contributed by atoms with Gasteiger partial charge in [0.2, 0.25) is 0 Å². The van der Waals surface area contributed by atoms with Crippen LogP contribution in [0.4, 0.5) is 16.2 Å². The van der Waals surface area contributed by atoms with Crippen molar-refractivity contribution in [3.05, 3.63) is 51.8 Å². The minimum Gasteiger partial charge on any atom is -0.307 e. The summed E-state index contributed by atoms with van der Waals surface area (Å²) in [4.78, 5) is 33.8. The number of nitrogens with zero attached hydrogens (tertiary/aromatic N) is 3. The highest BCUT2D eigenvalue weighted by Crippen LogP contribution is 2.16. The van der Waals surface area contributed by atoms with Crippen LogP contribution in [0.3, 0.4) is 0 Å². The van der Waals surface area contributed by atoms with E-state index in [0.717, 1.165) is 0 Å². The SMILES string of the molecule is Cc1nn(C)cc1C(=O)NC(=O)Nc1cccc([N+](=O)[O-])c1. The summed E-state index contributed by atoms with van der Waals surface area (Å²) in [6, 6.07) is 4.62. The molecule has 0 unspecified atom stereocenters. The van der Waals surface area contributed by atoms with E-state index in [9.17, 15) is 19.7 Å². The monoisotopic (exact) mass is 303 g/mol. The molecule has 2 rings (SSSR count). The number of nitro groups is 1. The Balaban J connectivity index is 2.04. The fourth-order valence-electron chi connectivity index (χ4n) is 1.85. The largest absolute Gasteiger partial charge is 0.326 e. The Morgan fingerprint density at radius 2 is 2.09 bits per heavy atom. The molecule has 0 aliphatic carbocycles. The van der Waals surface area contributed by atoms with Crippen LogP contribution in [0, 0.1) is 17.0 Å². The minimum absolute atomic E-state index is 0.160. The average molecular weight is 303 g/mol. The van der Waals surface area contributed by atoms with Crippen LogP contribution in [0.1, 0.15) is 16.1 Å². The number of benzene rings is 1. The maximum absolute atomic E-state index is 11.9. The van der Waals surface area contributed by atoms with Gasteiger partial charge in [0.05, 0.1) is 16.2 Å². The highest BCUT2D eigenvalue weighted by Gasteiger charge is 2.16. The number of nitrogens with one attached hydrogen (secondary N) is 2. The first-order valence-corrected chi connectivity index (χ1v) is 6.24. The van der Waals surface area contributed by atoms with Crippen LogP contribution in [0.5, 0.6) is 0 Å². The predicted molar refractivity (Wildman–Crippen MR) is 77.5 cm³/mol. The van der Waals surface area contributed by atoms with E-state index in [1.54, 1.807) is 14.0 Å². The lowest BCUT2D eigenvalue weighted by molar-refractivity contribution is -0.384. The summed E-state index contributed by atoms with van der Waals surface area (Å²) in [5.74, 6) is -0.603. The summed E-state index contributed by atoms with van der Waals surface area (Å²) in [5, 5.41) is 19.2. The van der Waals surface area contributed by atoms with E-state index in [1.807, 2.05) is 0 Å². The molecule has 3 amide bonds. The van der Waals surface area contributed by atoms with Crippen molar-refractivity contribution in [2.75, 3.05) is 5.32 Å². The molecule has 0 spiro atoms. The van der Waals surface area contributed by atoms with Crippen molar-refractivity contribution in [1.29, 1.82) is 0 Å². The van der Waals surface area contributed by atoms with Crippen molar-refractivity contribution in [3.63, 3.8) is 0 Å². The lowest BCUT2D eigenvalue weighted by Gasteiger charge is -2.06. The van der Waals surface area contributed by atoms with Crippen molar-refractivity contribution >= 4 is 23.3 Å². The fourth-order valence-corrected chi connectivity index (χ4v) is 1.85. The second-order valence-electron chi connectivity index (χ2n) is 4.52. The van der Waals surface area contributed by atoms with Gasteiger partial charge in [0.25, 0.3) is 11.6 Å². The first kappa shape index (κ1) is 15.2. The molecule has 1 aromatic carbocycles. The molecule has 0 saturated heterocycles. The van der Waals surface area contributed by atoms with Gasteiger partial charge in [-0.2, -0.15) is 5.10 Å². The molecule has 2 aromatic rings.